The number of aliphatic hydroxyl groups excluding tert-OH is 5. The largest absolute Gasteiger partial charge is 0.466 e. The van der Waals surface area contributed by atoms with E-state index in [1.165, 1.54) is 212 Å². The number of aliphatic hydroxyl groups is 5. The van der Waals surface area contributed by atoms with Crippen molar-refractivity contribution in [2.75, 3.05) is 19.8 Å². The Kier molecular flexibility index (Phi) is 57.2. The van der Waals surface area contributed by atoms with E-state index in [-0.39, 0.29) is 18.5 Å². The van der Waals surface area contributed by atoms with Gasteiger partial charge in [0.05, 0.1) is 32.0 Å². The molecule has 7 atom stereocenters. The molecule has 0 aromatic heterocycles. The quantitative estimate of drug-likeness (QED) is 0.0195. The van der Waals surface area contributed by atoms with Crippen molar-refractivity contribution < 1.29 is 49.3 Å². The van der Waals surface area contributed by atoms with Crippen LogP contribution < -0.4 is 5.32 Å². The van der Waals surface area contributed by atoms with E-state index < -0.39 is 49.5 Å². The van der Waals surface area contributed by atoms with Gasteiger partial charge in [-0.2, -0.15) is 0 Å². The van der Waals surface area contributed by atoms with Gasteiger partial charge in [0.2, 0.25) is 5.91 Å². The van der Waals surface area contributed by atoms with Gasteiger partial charge in [0.15, 0.2) is 6.29 Å². The number of rotatable bonds is 60. The Labute approximate surface area is 509 Å². The third kappa shape index (κ3) is 49.9. The Bertz CT molecular complexity index is 1610. The molecule has 11 heteroatoms. The molecule has 1 fully saturated rings. The summed E-state index contributed by atoms with van der Waals surface area (Å²) in [6.07, 6.45) is 72.2. The summed E-state index contributed by atoms with van der Waals surface area (Å²) in [5.41, 5.74) is 0. The zero-order valence-corrected chi connectivity index (χ0v) is 53.4. The van der Waals surface area contributed by atoms with E-state index in [0.717, 1.165) is 70.6 Å². The molecule has 7 unspecified atom stereocenters. The van der Waals surface area contributed by atoms with E-state index >= 15 is 0 Å². The number of ether oxygens (including phenoxy) is 3. The molecule has 0 spiro atoms. The van der Waals surface area contributed by atoms with Crippen LogP contribution in [0.1, 0.15) is 309 Å². The van der Waals surface area contributed by atoms with Crippen molar-refractivity contribution in [1.82, 2.24) is 5.32 Å². The zero-order valence-electron chi connectivity index (χ0n) is 53.4. The Morgan fingerprint density at radius 2 is 0.867 bits per heavy atom. The molecule has 1 saturated heterocycles. The lowest BCUT2D eigenvalue weighted by molar-refractivity contribution is -0.302. The van der Waals surface area contributed by atoms with Gasteiger partial charge in [-0.3, -0.25) is 9.59 Å². The van der Waals surface area contributed by atoms with Crippen LogP contribution >= 0.6 is 0 Å². The molecule has 0 saturated carbocycles. The van der Waals surface area contributed by atoms with Gasteiger partial charge in [-0.15, -0.1) is 0 Å². The number of hydrogen-bond donors (Lipinski definition) is 6. The van der Waals surface area contributed by atoms with Crippen LogP contribution in [0.15, 0.2) is 72.9 Å². The molecule has 0 radical (unpaired) electrons. The summed E-state index contributed by atoms with van der Waals surface area (Å²) in [6.45, 7) is 4.08. The van der Waals surface area contributed by atoms with Gasteiger partial charge in [-0.1, -0.05) is 260 Å². The van der Waals surface area contributed by atoms with Gasteiger partial charge >= 0.3 is 5.97 Å². The lowest BCUT2D eigenvalue weighted by Crippen LogP contribution is -2.60. The molecule has 482 valence electrons. The normalized spacial score (nSPS) is 18.6. The van der Waals surface area contributed by atoms with E-state index in [1.54, 1.807) is 6.08 Å². The van der Waals surface area contributed by atoms with Gasteiger partial charge < -0.3 is 45.1 Å². The number of amides is 1. The maximum Gasteiger partial charge on any atom is 0.305 e. The summed E-state index contributed by atoms with van der Waals surface area (Å²) in [5, 5.41) is 54.2. The van der Waals surface area contributed by atoms with Crippen LogP contribution in [0.5, 0.6) is 0 Å². The molecule has 1 aliphatic heterocycles. The number of allylic oxidation sites excluding steroid dienone is 11. The van der Waals surface area contributed by atoms with Gasteiger partial charge in [0, 0.05) is 12.8 Å². The third-order valence-electron chi connectivity index (χ3n) is 16.1. The van der Waals surface area contributed by atoms with Crippen LogP contribution in [-0.4, -0.2) is 100 Å². The first-order valence-corrected chi connectivity index (χ1v) is 34.7. The highest BCUT2D eigenvalue weighted by Crippen LogP contribution is 2.23. The van der Waals surface area contributed by atoms with Crippen LogP contribution in [0.3, 0.4) is 0 Å². The molecule has 1 amide bonds. The first-order valence-electron chi connectivity index (χ1n) is 34.7. The molecule has 0 bridgehead atoms. The van der Waals surface area contributed by atoms with Gasteiger partial charge in [0.25, 0.3) is 0 Å². The molecule has 1 aliphatic rings. The van der Waals surface area contributed by atoms with E-state index in [2.05, 4.69) is 66.9 Å². The average Bonchev–Trinajstić information content (AvgIpc) is 3.65. The highest BCUT2D eigenvalue weighted by Gasteiger charge is 2.44. The molecule has 6 N–H and O–H groups in total. The van der Waals surface area contributed by atoms with Gasteiger partial charge in [0.1, 0.15) is 24.4 Å². The molecule has 0 aromatic rings. The number of carbonyl (C=O) groups excluding carboxylic acids is 2. The number of esters is 1. The second-order valence-electron chi connectivity index (χ2n) is 23.9. The topological polar surface area (TPSA) is 175 Å². The van der Waals surface area contributed by atoms with Crippen molar-refractivity contribution in [3.05, 3.63) is 72.9 Å². The summed E-state index contributed by atoms with van der Waals surface area (Å²) in [5.74, 6) is -0.204. The van der Waals surface area contributed by atoms with E-state index in [0.29, 0.717) is 19.4 Å². The third-order valence-corrected chi connectivity index (χ3v) is 16.1. The summed E-state index contributed by atoms with van der Waals surface area (Å²) in [6, 6.07) is -0.833. The Morgan fingerprint density at radius 1 is 0.470 bits per heavy atom. The summed E-state index contributed by atoms with van der Waals surface area (Å²) in [7, 11) is 0. The van der Waals surface area contributed by atoms with Crippen molar-refractivity contribution in [2.24, 2.45) is 0 Å². The fraction of sp³-hybridized carbons (Fsp3) is 0.806. The van der Waals surface area contributed by atoms with Crippen molar-refractivity contribution in [1.29, 1.82) is 0 Å². The summed E-state index contributed by atoms with van der Waals surface area (Å²) in [4.78, 5) is 25.1. The molecule has 1 heterocycles. The second kappa shape index (κ2) is 60.8. The van der Waals surface area contributed by atoms with Crippen LogP contribution in [0.2, 0.25) is 0 Å². The standard InChI is InChI=1S/C72H129NO10/c1-3-5-7-9-11-13-14-15-16-34-37-40-44-48-52-56-60-68(77)81-61-57-53-49-45-41-38-35-32-30-28-26-24-22-20-18-17-19-21-23-25-27-29-31-33-36-39-43-47-51-55-59-67(76)73-64(65(75)58-54-50-46-42-12-10-8-6-4-2)63-82-72-71(80)70(79)69(78)66(62-74)83-72/h4,6,12-14,16,18,20,34,42,54,58,64-66,69-72,74-75,78-80H,3,5,7-11,15,17,19,21-33,35-41,43-53,55-57,59-63H2,1-2H3,(H,73,76)/b6-4+,14-13-,20-18-,34-16-,42-12+,58-54+. The van der Waals surface area contributed by atoms with E-state index in [1.807, 2.05) is 19.1 Å². The van der Waals surface area contributed by atoms with Crippen LogP contribution in [0.25, 0.3) is 0 Å². The first kappa shape index (κ1) is 78.1. The van der Waals surface area contributed by atoms with Gasteiger partial charge in [-0.05, 0) is 110 Å². The Morgan fingerprint density at radius 3 is 1.34 bits per heavy atom. The monoisotopic (exact) mass is 1170 g/mol. The molecular weight excluding hydrogens is 1040 g/mol. The predicted octanol–water partition coefficient (Wildman–Crippen LogP) is 17.5. The average molecular weight is 1170 g/mol. The van der Waals surface area contributed by atoms with Crippen molar-refractivity contribution >= 4 is 11.9 Å². The van der Waals surface area contributed by atoms with E-state index in [9.17, 15) is 35.1 Å². The summed E-state index contributed by atoms with van der Waals surface area (Å²) >= 11 is 0. The maximum atomic E-state index is 13.0. The molecule has 11 nitrogen and oxygen atoms in total. The number of unbranched alkanes of at least 4 members (excludes halogenated alkanes) is 37. The lowest BCUT2D eigenvalue weighted by Gasteiger charge is -2.40. The number of carbonyl (C=O) groups is 2. The minimum Gasteiger partial charge on any atom is -0.466 e. The minimum atomic E-state index is -1.58. The first-order chi connectivity index (χ1) is 40.7. The molecule has 0 aromatic carbocycles. The fourth-order valence-electron chi connectivity index (χ4n) is 10.6. The zero-order chi connectivity index (χ0) is 60.2. The van der Waals surface area contributed by atoms with Crippen LogP contribution in [-0.2, 0) is 23.8 Å². The minimum absolute atomic E-state index is 0.00572. The van der Waals surface area contributed by atoms with Gasteiger partial charge in [-0.25, -0.2) is 0 Å². The lowest BCUT2D eigenvalue weighted by atomic mass is 9.99. The van der Waals surface area contributed by atoms with Crippen LogP contribution in [0, 0.1) is 0 Å². The number of hydrogen-bond acceptors (Lipinski definition) is 10. The number of nitrogens with one attached hydrogen (secondary N) is 1. The maximum absolute atomic E-state index is 13.0. The van der Waals surface area contributed by atoms with E-state index in [4.69, 9.17) is 14.2 Å². The predicted molar refractivity (Wildman–Crippen MR) is 347 cm³/mol. The Balaban J connectivity index is 1.92. The molecular formula is C72H129NO10. The molecule has 1 rings (SSSR count). The van der Waals surface area contributed by atoms with Crippen molar-refractivity contribution in [3.63, 3.8) is 0 Å². The Hall–Kier alpha value is -2.90. The molecule has 83 heavy (non-hydrogen) atoms. The van der Waals surface area contributed by atoms with Crippen LogP contribution in [0.4, 0.5) is 0 Å². The SMILES string of the molecule is C/C=C/CC/C=C/CC/C=C/C(O)C(COC1OC(CO)C(O)C(O)C1O)NC(=O)CCCCCCCCCCCCCCCC/C=C\CCCCCCCCCCCCCCOC(=O)CCCCCCC/C=C\C/C=C\CCCCCC. The fourth-order valence-corrected chi connectivity index (χ4v) is 10.6. The summed E-state index contributed by atoms with van der Waals surface area (Å²) < 4.78 is 16.7. The van der Waals surface area contributed by atoms with Crippen molar-refractivity contribution in [3.8, 4) is 0 Å². The van der Waals surface area contributed by atoms with Crippen molar-refractivity contribution in [2.45, 2.75) is 352 Å². The second-order valence-corrected chi connectivity index (χ2v) is 23.9. The molecule has 0 aliphatic carbocycles. The highest BCUT2D eigenvalue weighted by molar-refractivity contribution is 5.76. The highest BCUT2D eigenvalue weighted by atomic mass is 16.7. The smallest absolute Gasteiger partial charge is 0.305 e.